The molecule has 2 aromatic heterocycles. The Labute approximate surface area is 195 Å². The predicted octanol–water partition coefficient (Wildman–Crippen LogP) is 3.58. The van der Waals surface area contributed by atoms with Crippen LogP contribution in [0.4, 0.5) is 0 Å². The third kappa shape index (κ3) is 4.01. The molecule has 1 amide bonds. The second-order valence-corrected chi connectivity index (χ2v) is 7.86. The summed E-state index contributed by atoms with van der Waals surface area (Å²) >= 11 is 0. The van der Waals surface area contributed by atoms with Gasteiger partial charge in [-0.05, 0) is 37.1 Å². The molecule has 4 aromatic rings. The minimum atomic E-state index is -1.05. The maximum Gasteiger partial charge on any atom is 0.305 e. The Bertz CT molecular complexity index is 1460. The van der Waals surface area contributed by atoms with Gasteiger partial charge in [0.2, 0.25) is 0 Å². The number of aromatic nitrogens is 2. The molecule has 0 radical (unpaired) electrons. The molecule has 34 heavy (non-hydrogen) atoms. The summed E-state index contributed by atoms with van der Waals surface area (Å²) in [4.78, 5) is 41.6. The van der Waals surface area contributed by atoms with Crippen LogP contribution in [0.2, 0.25) is 0 Å². The van der Waals surface area contributed by atoms with Crippen molar-refractivity contribution in [3.05, 3.63) is 88.0 Å². The standard InChI is InChI=1S/C26H23N3O5/c1-15-20(17-9-5-3-6-10-17)26(34)29(18-11-7-4-8-12-18)23-16(2)28-22(24(32)21(15)23)25(33)27-14-13-19(30)31/h3-12,32H,13-14H2,1-2H3,(H,27,33)(H,30,31). The van der Waals surface area contributed by atoms with Crippen molar-refractivity contribution in [3.8, 4) is 22.6 Å². The Kier molecular flexibility index (Phi) is 6.14. The molecule has 0 saturated carbocycles. The number of carboxylic acids is 1. The van der Waals surface area contributed by atoms with Crippen molar-refractivity contribution in [1.29, 1.82) is 0 Å². The molecule has 2 aromatic carbocycles. The molecular formula is C26H23N3O5. The van der Waals surface area contributed by atoms with Gasteiger partial charge in [-0.15, -0.1) is 0 Å². The third-order valence-electron chi connectivity index (χ3n) is 5.63. The molecule has 0 aliphatic heterocycles. The number of aryl methyl sites for hydroxylation is 2. The number of carbonyl (C=O) groups excluding carboxylic acids is 1. The van der Waals surface area contributed by atoms with Gasteiger partial charge in [0.25, 0.3) is 11.5 Å². The molecule has 8 nitrogen and oxygen atoms in total. The average molecular weight is 457 g/mol. The number of pyridine rings is 2. The SMILES string of the molecule is Cc1c(-c2ccccc2)c(=O)n(-c2ccccc2)c2c(C)nc(C(=O)NCCC(=O)O)c(O)c12. The Hall–Kier alpha value is -4.46. The Balaban J connectivity index is 2.06. The van der Waals surface area contributed by atoms with Crippen LogP contribution in [-0.4, -0.2) is 38.2 Å². The lowest BCUT2D eigenvalue weighted by molar-refractivity contribution is -0.136. The summed E-state index contributed by atoms with van der Waals surface area (Å²) in [6.07, 6.45) is -0.260. The summed E-state index contributed by atoms with van der Waals surface area (Å²) < 4.78 is 1.50. The first-order valence-electron chi connectivity index (χ1n) is 10.7. The fourth-order valence-corrected chi connectivity index (χ4v) is 4.11. The van der Waals surface area contributed by atoms with E-state index in [1.54, 1.807) is 26.0 Å². The first-order valence-corrected chi connectivity index (χ1v) is 10.7. The predicted molar refractivity (Wildman–Crippen MR) is 129 cm³/mol. The van der Waals surface area contributed by atoms with Gasteiger partial charge in [0, 0.05) is 17.6 Å². The molecule has 0 atom stereocenters. The van der Waals surface area contributed by atoms with Crippen molar-refractivity contribution in [2.75, 3.05) is 6.54 Å². The fourth-order valence-electron chi connectivity index (χ4n) is 4.11. The van der Waals surface area contributed by atoms with Crippen molar-refractivity contribution in [3.63, 3.8) is 0 Å². The van der Waals surface area contributed by atoms with E-state index >= 15 is 0 Å². The highest BCUT2D eigenvalue weighted by molar-refractivity contribution is 6.04. The van der Waals surface area contributed by atoms with Gasteiger partial charge in [0.1, 0.15) is 0 Å². The number of aromatic hydroxyl groups is 1. The molecule has 3 N–H and O–H groups in total. The van der Waals surface area contributed by atoms with Crippen LogP contribution >= 0.6 is 0 Å². The van der Waals surface area contributed by atoms with Gasteiger partial charge >= 0.3 is 5.97 Å². The molecule has 0 saturated heterocycles. The van der Waals surface area contributed by atoms with Gasteiger partial charge < -0.3 is 15.5 Å². The highest BCUT2D eigenvalue weighted by Crippen LogP contribution is 2.36. The number of para-hydroxylation sites is 1. The van der Waals surface area contributed by atoms with Gasteiger partial charge in [0.15, 0.2) is 11.4 Å². The van der Waals surface area contributed by atoms with Crippen LogP contribution in [0.15, 0.2) is 65.5 Å². The van der Waals surface area contributed by atoms with Gasteiger partial charge in [-0.2, -0.15) is 0 Å². The van der Waals surface area contributed by atoms with Crippen LogP contribution in [0.25, 0.3) is 27.7 Å². The van der Waals surface area contributed by atoms with Gasteiger partial charge in [0.05, 0.1) is 23.2 Å². The van der Waals surface area contributed by atoms with Gasteiger partial charge in [-0.3, -0.25) is 19.0 Å². The summed E-state index contributed by atoms with van der Waals surface area (Å²) in [6, 6.07) is 18.2. The average Bonchev–Trinajstić information content (AvgIpc) is 2.82. The van der Waals surface area contributed by atoms with Crippen LogP contribution < -0.4 is 10.9 Å². The zero-order valence-electron chi connectivity index (χ0n) is 18.7. The largest absolute Gasteiger partial charge is 0.505 e. The molecule has 0 aliphatic carbocycles. The summed E-state index contributed by atoms with van der Waals surface area (Å²) in [6.45, 7) is 3.28. The van der Waals surface area contributed by atoms with Crippen molar-refractivity contribution in [2.24, 2.45) is 0 Å². The highest BCUT2D eigenvalue weighted by Gasteiger charge is 2.25. The smallest absolute Gasteiger partial charge is 0.305 e. The zero-order valence-corrected chi connectivity index (χ0v) is 18.7. The molecule has 0 bridgehead atoms. The van der Waals surface area contributed by atoms with E-state index < -0.39 is 11.9 Å². The molecule has 0 unspecified atom stereocenters. The van der Waals surface area contributed by atoms with Gasteiger partial charge in [-0.1, -0.05) is 48.5 Å². The number of fused-ring (bicyclic) bond motifs is 1. The minimum absolute atomic E-state index is 0.107. The number of aliphatic carboxylic acids is 1. The number of carboxylic acid groups (broad SMARTS) is 1. The number of hydrogen-bond donors (Lipinski definition) is 3. The van der Waals surface area contributed by atoms with E-state index in [-0.39, 0.29) is 30.0 Å². The molecule has 4 rings (SSSR count). The van der Waals surface area contributed by atoms with Crippen molar-refractivity contribution < 1.29 is 19.8 Å². The maximum absolute atomic E-state index is 13.8. The number of rotatable bonds is 6. The van der Waals surface area contributed by atoms with Crippen LogP contribution in [0.1, 0.15) is 28.2 Å². The second-order valence-electron chi connectivity index (χ2n) is 7.86. The van der Waals surface area contributed by atoms with Crippen LogP contribution in [-0.2, 0) is 4.79 Å². The van der Waals surface area contributed by atoms with E-state index in [0.717, 1.165) is 0 Å². The fraction of sp³-hybridized carbons (Fsp3) is 0.154. The quantitative estimate of drug-likeness (QED) is 0.407. The third-order valence-corrected chi connectivity index (χ3v) is 5.63. The lowest BCUT2D eigenvalue weighted by atomic mass is 9.96. The first kappa shape index (κ1) is 22.7. The summed E-state index contributed by atoms with van der Waals surface area (Å²) in [5.74, 6) is -2.11. The lowest BCUT2D eigenvalue weighted by Crippen LogP contribution is -2.28. The van der Waals surface area contributed by atoms with E-state index in [1.807, 2.05) is 48.5 Å². The van der Waals surface area contributed by atoms with Crippen molar-refractivity contribution in [2.45, 2.75) is 20.3 Å². The monoisotopic (exact) mass is 457 g/mol. The van der Waals surface area contributed by atoms with Crippen molar-refractivity contribution >= 4 is 22.8 Å². The van der Waals surface area contributed by atoms with Crippen molar-refractivity contribution in [1.82, 2.24) is 14.9 Å². The summed E-state index contributed by atoms with van der Waals surface area (Å²) in [5.41, 5.74) is 2.46. The molecule has 2 heterocycles. The van der Waals surface area contributed by atoms with Crippen LogP contribution in [0, 0.1) is 13.8 Å². The molecule has 8 heteroatoms. The highest BCUT2D eigenvalue weighted by atomic mass is 16.4. The Morgan fingerprint density at radius 3 is 2.24 bits per heavy atom. The van der Waals surface area contributed by atoms with Crippen LogP contribution in [0.3, 0.4) is 0 Å². The zero-order chi connectivity index (χ0) is 24.4. The number of hydrogen-bond acceptors (Lipinski definition) is 5. The number of carbonyl (C=O) groups is 2. The molecule has 0 aliphatic rings. The second kappa shape index (κ2) is 9.19. The maximum atomic E-state index is 13.8. The van der Waals surface area contributed by atoms with E-state index in [1.165, 1.54) is 4.57 Å². The first-order chi connectivity index (χ1) is 16.3. The topological polar surface area (TPSA) is 122 Å². The van der Waals surface area contributed by atoms with E-state index in [2.05, 4.69) is 10.3 Å². The Morgan fingerprint density at radius 2 is 1.62 bits per heavy atom. The number of amides is 1. The summed E-state index contributed by atoms with van der Waals surface area (Å²) in [5, 5.41) is 22.8. The lowest BCUT2D eigenvalue weighted by Gasteiger charge is -2.20. The van der Waals surface area contributed by atoms with Crippen LogP contribution in [0.5, 0.6) is 5.75 Å². The number of benzene rings is 2. The summed E-state index contributed by atoms with van der Waals surface area (Å²) in [7, 11) is 0. The molecule has 0 spiro atoms. The Morgan fingerprint density at radius 1 is 1.00 bits per heavy atom. The molecule has 0 fully saturated rings. The van der Waals surface area contributed by atoms with Gasteiger partial charge in [-0.25, -0.2) is 4.98 Å². The van der Waals surface area contributed by atoms with E-state index in [0.29, 0.717) is 39.0 Å². The van der Waals surface area contributed by atoms with E-state index in [4.69, 9.17) is 5.11 Å². The minimum Gasteiger partial charge on any atom is -0.505 e. The number of nitrogens with one attached hydrogen (secondary N) is 1. The molecule has 172 valence electrons. The number of nitrogens with zero attached hydrogens (tertiary/aromatic N) is 2. The van der Waals surface area contributed by atoms with E-state index in [9.17, 15) is 19.5 Å². The molecular weight excluding hydrogens is 434 g/mol. The normalized spacial score (nSPS) is 10.9.